The standard InChI is InChI=1S/C36H42N7.Cu/c1-4-10-34(11-5-1)28-41-25-22-38(31-41)19-16-37(17-20-39-23-26-42(32-39)29-35-12-6-2-7-13-35)18-21-40-24-27-43(33-40)30-36-14-8-3-9-15-36;/h1-15,22-27,31-33H,16-21,28-30H2;/q-3;+1. The van der Waals surface area contributed by atoms with Crippen molar-refractivity contribution in [3.05, 3.63) is 165 Å². The second-order valence-electron chi connectivity index (χ2n) is 11.3. The average Bonchev–Trinajstić information content (AvgIpc) is 3.80. The van der Waals surface area contributed by atoms with E-state index in [1.807, 2.05) is 0 Å². The fourth-order valence-corrected chi connectivity index (χ4v) is 5.48. The summed E-state index contributed by atoms with van der Waals surface area (Å²) in [6, 6.07) is 31.9. The van der Waals surface area contributed by atoms with Gasteiger partial charge in [0.05, 0.1) is 0 Å². The van der Waals surface area contributed by atoms with E-state index in [9.17, 15) is 0 Å². The third kappa shape index (κ3) is 9.58. The topological polar surface area (TPSA) is 22.7 Å². The Labute approximate surface area is 274 Å². The van der Waals surface area contributed by atoms with Gasteiger partial charge < -0.3 is 29.4 Å². The molecule has 0 atom stereocenters. The molecule has 0 amide bonds. The van der Waals surface area contributed by atoms with Gasteiger partial charge in [-0.25, -0.2) is 0 Å². The Morgan fingerprint density at radius 3 is 0.955 bits per heavy atom. The minimum Gasteiger partial charge on any atom is -0.507 e. The van der Waals surface area contributed by atoms with Crippen LogP contribution in [0.5, 0.6) is 0 Å². The van der Waals surface area contributed by atoms with Crippen molar-refractivity contribution in [1.82, 2.24) is 34.3 Å². The third-order valence-electron chi connectivity index (χ3n) is 7.89. The Balaban J connectivity index is 0.00000384. The summed E-state index contributed by atoms with van der Waals surface area (Å²) < 4.78 is 0. The molecule has 0 N–H and O–H groups in total. The predicted octanol–water partition coefficient (Wildman–Crippen LogP) is 5.51. The molecule has 3 aliphatic heterocycles. The minimum absolute atomic E-state index is 0. The number of hydrogen-bond acceptors (Lipinski definition) is 7. The van der Waals surface area contributed by atoms with Gasteiger partial charge in [0.2, 0.25) is 0 Å². The molecule has 0 aromatic heterocycles. The number of rotatable bonds is 15. The van der Waals surface area contributed by atoms with E-state index in [0.717, 1.165) is 58.9 Å². The van der Waals surface area contributed by atoms with Gasteiger partial charge >= 0.3 is 17.1 Å². The van der Waals surface area contributed by atoms with Gasteiger partial charge in [0.25, 0.3) is 0 Å². The van der Waals surface area contributed by atoms with E-state index in [1.165, 1.54) is 16.7 Å². The smallest absolute Gasteiger partial charge is 0.507 e. The van der Waals surface area contributed by atoms with Crippen LogP contribution in [0.3, 0.4) is 0 Å². The molecule has 234 valence electrons. The SMILES string of the molecule is C1=CN(Cc2ccccc2)[CH-]N1CCN(CCN1C=CN(Cc2ccccc2)[CH-]1)CCN1C=CN(Cc2ccccc2)[CH-]1.[Cu+]. The molecule has 0 bridgehead atoms. The zero-order valence-electron chi connectivity index (χ0n) is 25.2. The van der Waals surface area contributed by atoms with Crippen molar-refractivity contribution in [3.63, 3.8) is 0 Å². The van der Waals surface area contributed by atoms with Crippen LogP contribution >= 0.6 is 0 Å². The van der Waals surface area contributed by atoms with E-state index in [0.29, 0.717) is 0 Å². The summed E-state index contributed by atoms with van der Waals surface area (Å²) in [7, 11) is 0. The van der Waals surface area contributed by atoms with Gasteiger partial charge in [-0.3, -0.25) is 4.90 Å². The number of benzene rings is 3. The van der Waals surface area contributed by atoms with Crippen molar-refractivity contribution in [2.75, 3.05) is 39.3 Å². The molecule has 0 saturated heterocycles. The van der Waals surface area contributed by atoms with Crippen LogP contribution in [0.1, 0.15) is 16.7 Å². The number of hydrogen-bond donors (Lipinski definition) is 0. The maximum atomic E-state index is 2.59. The summed E-state index contributed by atoms with van der Waals surface area (Å²) in [5.41, 5.74) is 3.96. The van der Waals surface area contributed by atoms with E-state index < -0.39 is 0 Å². The van der Waals surface area contributed by atoms with Crippen molar-refractivity contribution in [2.45, 2.75) is 19.6 Å². The Morgan fingerprint density at radius 1 is 0.386 bits per heavy atom. The van der Waals surface area contributed by atoms with E-state index in [4.69, 9.17) is 0 Å². The summed E-state index contributed by atoms with van der Waals surface area (Å²) in [6.45, 7) is 15.2. The Kier molecular flexibility index (Phi) is 11.7. The van der Waals surface area contributed by atoms with Crippen molar-refractivity contribution in [1.29, 1.82) is 0 Å². The fraction of sp³-hybridized carbons (Fsp3) is 0.250. The normalized spacial score (nSPS) is 15.8. The first-order valence-corrected chi connectivity index (χ1v) is 15.2. The summed E-state index contributed by atoms with van der Waals surface area (Å²) in [5.74, 6) is 0. The second-order valence-corrected chi connectivity index (χ2v) is 11.3. The predicted molar refractivity (Wildman–Crippen MR) is 173 cm³/mol. The van der Waals surface area contributed by atoms with Gasteiger partial charge in [0.15, 0.2) is 0 Å². The van der Waals surface area contributed by atoms with Crippen molar-refractivity contribution >= 4 is 0 Å². The van der Waals surface area contributed by atoms with Crippen LogP contribution in [0.25, 0.3) is 0 Å². The molecular formula is C36H42CuN7-2. The van der Waals surface area contributed by atoms with Crippen LogP contribution in [0, 0.1) is 20.0 Å². The Hall–Kier alpha value is -3.84. The van der Waals surface area contributed by atoms with Crippen LogP contribution in [-0.2, 0) is 36.7 Å². The van der Waals surface area contributed by atoms with Gasteiger partial charge in [-0.1, -0.05) is 91.0 Å². The zero-order chi connectivity index (χ0) is 29.1. The molecule has 3 aromatic rings. The van der Waals surface area contributed by atoms with Crippen molar-refractivity contribution < 1.29 is 17.1 Å². The van der Waals surface area contributed by atoms with Crippen LogP contribution in [0.4, 0.5) is 0 Å². The van der Waals surface area contributed by atoms with Crippen molar-refractivity contribution in [2.24, 2.45) is 0 Å². The molecule has 0 radical (unpaired) electrons. The molecular weight excluding hydrogens is 594 g/mol. The maximum Gasteiger partial charge on any atom is 1.00 e. The molecule has 3 aliphatic rings. The van der Waals surface area contributed by atoms with Crippen LogP contribution < -0.4 is 0 Å². The fourth-order valence-electron chi connectivity index (χ4n) is 5.48. The summed E-state index contributed by atoms with van der Waals surface area (Å²) in [5, 5.41) is 0. The van der Waals surface area contributed by atoms with Gasteiger partial charge in [0, 0.05) is 58.9 Å². The molecule has 0 aliphatic carbocycles. The van der Waals surface area contributed by atoms with E-state index >= 15 is 0 Å². The molecule has 0 unspecified atom stereocenters. The molecule has 8 heteroatoms. The first-order valence-electron chi connectivity index (χ1n) is 15.2. The molecule has 44 heavy (non-hydrogen) atoms. The van der Waals surface area contributed by atoms with Gasteiger partial charge in [-0.05, 0) is 53.9 Å². The van der Waals surface area contributed by atoms with Gasteiger partial charge in [0.1, 0.15) is 0 Å². The summed E-state index contributed by atoms with van der Waals surface area (Å²) in [6.07, 6.45) is 13.1. The van der Waals surface area contributed by atoms with Gasteiger partial charge in [-0.15, -0.1) is 0 Å². The van der Waals surface area contributed by atoms with Crippen molar-refractivity contribution in [3.8, 4) is 0 Å². The molecule has 7 nitrogen and oxygen atoms in total. The van der Waals surface area contributed by atoms with Crippen LogP contribution in [0.15, 0.2) is 128 Å². The zero-order valence-corrected chi connectivity index (χ0v) is 26.1. The first kappa shape index (κ1) is 31.6. The molecule has 0 saturated carbocycles. The molecule has 3 heterocycles. The molecule has 0 spiro atoms. The first-order chi connectivity index (χ1) is 21.2. The monoisotopic (exact) mass is 635 g/mol. The molecule has 3 aromatic carbocycles. The summed E-state index contributed by atoms with van der Waals surface area (Å²) in [4.78, 5) is 16.3. The third-order valence-corrected chi connectivity index (χ3v) is 7.89. The summed E-state index contributed by atoms with van der Waals surface area (Å²) >= 11 is 0. The van der Waals surface area contributed by atoms with E-state index in [-0.39, 0.29) is 17.1 Å². The Bertz CT molecular complexity index is 1170. The van der Waals surface area contributed by atoms with E-state index in [2.05, 4.69) is 183 Å². The molecule has 6 rings (SSSR count). The second kappa shape index (κ2) is 16.3. The maximum absolute atomic E-state index is 2.59. The largest absolute Gasteiger partial charge is 1.00 e. The van der Waals surface area contributed by atoms with Gasteiger partial charge in [-0.2, -0.15) is 20.0 Å². The van der Waals surface area contributed by atoms with Crippen LogP contribution in [-0.4, -0.2) is 73.6 Å². The quantitative estimate of drug-likeness (QED) is 0.160. The Morgan fingerprint density at radius 2 is 0.659 bits per heavy atom. The number of nitrogens with zero attached hydrogens (tertiary/aromatic N) is 7. The van der Waals surface area contributed by atoms with E-state index in [1.54, 1.807) is 0 Å². The average molecular weight is 636 g/mol. The molecule has 0 fully saturated rings. The van der Waals surface area contributed by atoms with Crippen LogP contribution in [0.2, 0.25) is 0 Å². The minimum atomic E-state index is 0.